The fourth-order valence-electron chi connectivity index (χ4n) is 2.13. The molecule has 0 aliphatic rings. The lowest BCUT2D eigenvalue weighted by Gasteiger charge is -2.15. The van der Waals surface area contributed by atoms with E-state index in [-0.39, 0.29) is 12.0 Å². The topological polar surface area (TPSA) is 47.6 Å². The van der Waals surface area contributed by atoms with Crippen LogP contribution in [0.4, 0.5) is 0 Å². The summed E-state index contributed by atoms with van der Waals surface area (Å²) in [5.74, 6) is 1.17. The Labute approximate surface area is 147 Å². The molecule has 1 N–H and O–H groups in total. The fraction of sp³-hybridized carbons (Fsp3) is 0.316. The first-order valence-corrected chi connectivity index (χ1v) is 8.27. The van der Waals surface area contributed by atoms with Crippen molar-refractivity contribution >= 4 is 17.5 Å². The summed E-state index contributed by atoms with van der Waals surface area (Å²) < 4.78 is 11.2. The second-order valence-electron chi connectivity index (χ2n) is 5.75. The maximum absolute atomic E-state index is 12.2. The van der Waals surface area contributed by atoms with Crippen LogP contribution in [-0.4, -0.2) is 18.1 Å². The third-order valence-electron chi connectivity index (χ3n) is 3.22. The first kappa shape index (κ1) is 18.1. The van der Waals surface area contributed by atoms with Gasteiger partial charge in [-0.25, -0.2) is 0 Å². The van der Waals surface area contributed by atoms with Gasteiger partial charge in [0.05, 0.1) is 6.10 Å². The largest absolute Gasteiger partial charge is 0.491 e. The van der Waals surface area contributed by atoms with Crippen molar-refractivity contribution in [1.29, 1.82) is 0 Å². The van der Waals surface area contributed by atoms with Crippen LogP contribution in [0.3, 0.4) is 0 Å². The van der Waals surface area contributed by atoms with E-state index in [1.165, 1.54) is 0 Å². The molecular weight excluding hydrogens is 326 g/mol. The van der Waals surface area contributed by atoms with E-state index < -0.39 is 6.10 Å². The number of carbonyl (C=O) groups excluding carboxylic acids is 1. The first-order chi connectivity index (χ1) is 11.4. The van der Waals surface area contributed by atoms with Gasteiger partial charge < -0.3 is 14.8 Å². The molecule has 128 valence electrons. The zero-order valence-electron chi connectivity index (χ0n) is 14.1. The minimum Gasteiger partial charge on any atom is -0.491 e. The van der Waals surface area contributed by atoms with Gasteiger partial charge >= 0.3 is 0 Å². The summed E-state index contributed by atoms with van der Waals surface area (Å²) in [6, 6.07) is 14.6. The van der Waals surface area contributed by atoms with E-state index in [2.05, 4.69) is 5.32 Å². The summed E-state index contributed by atoms with van der Waals surface area (Å²) >= 11 is 5.91. The molecule has 0 unspecified atom stereocenters. The average Bonchev–Trinajstić information content (AvgIpc) is 2.52. The SMILES string of the molecule is CC(C)Oc1cccc(CNC(=O)[C@@H](C)Oc2cccc(Cl)c2)c1. The van der Waals surface area contributed by atoms with Crippen LogP contribution < -0.4 is 14.8 Å². The minimum atomic E-state index is -0.612. The number of ether oxygens (including phenoxy) is 2. The van der Waals surface area contributed by atoms with Crippen LogP contribution >= 0.6 is 11.6 Å². The number of rotatable bonds is 7. The molecule has 2 aromatic rings. The molecule has 1 amide bonds. The van der Waals surface area contributed by atoms with Gasteiger partial charge in [0.15, 0.2) is 6.10 Å². The molecule has 0 bridgehead atoms. The lowest BCUT2D eigenvalue weighted by Crippen LogP contribution is -2.35. The molecule has 0 fully saturated rings. The summed E-state index contributed by atoms with van der Waals surface area (Å²) in [5, 5.41) is 3.43. The van der Waals surface area contributed by atoms with Gasteiger partial charge in [-0.2, -0.15) is 0 Å². The summed E-state index contributed by atoms with van der Waals surface area (Å²) in [5.41, 5.74) is 0.969. The third-order valence-corrected chi connectivity index (χ3v) is 3.45. The number of hydrogen-bond donors (Lipinski definition) is 1. The van der Waals surface area contributed by atoms with Crippen molar-refractivity contribution < 1.29 is 14.3 Å². The highest BCUT2D eigenvalue weighted by Crippen LogP contribution is 2.18. The predicted molar refractivity (Wildman–Crippen MR) is 95.6 cm³/mol. The quantitative estimate of drug-likeness (QED) is 0.816. The van der Waals surface area contributed by atoms with E-state index in [1.807, 2.05) is 38.1 Å². The van der Waals surface area contributed by atoms with Crippen LogP contribution in [0.15, 0.2) is 48.5 Å². The Morgan fingerprint density at radius 3 is 2.38 bits per heavy atom. The van der Waals surface area contributed by atoms with Crippen molar-refractivity contribution in [3.63, 3.8) is 0 Å². The normalized spacial score (nSPS) is 11.9. The molecule has 0 spiro atoms. The van der Waals surface area contributed by atoms with Crippen LogP contribution in [-0.2, 0) is 11.3 Å². The van der Waals surface area contributed by atoms with Crippen LogP contribution in [0.1, 0.15) is 26.3 Å². The van der Waals surface area contributed by atoms with Crippen LogP contribution in [0.25, 0.3) is 0 Å². The molecule has 4 nitrogen and oxygen atoms in total. The summed E-state index contributed by atoms with van der Waals surface area (Å²) in [6.07, 6.45) is -0.500. The fourth-order valence-corrected chi connectivity index (χ4v) is 2.31. The van der Waals surface area contributed by atoms with Crippen LogP contribution in [0.2, 0.25) is 5.02 Å². The van der Waals surface area contributed by atoms with Crippen molar-refractivity contribution in [1.82, 2.24) is 5.32 Å². The lowest BCUT2D eigenvalue weighted by atomic mass is 10.2. The second-order valence-corrected chi connectivity index (χ2v) is 6.19. The van der Waals surface area contributed by atoms with E-state index in [9.17, 15) is 4.79 Å². The average molecular weight is 348 g/mol. The molecule has 2 rings (SSSR count). The monoisotopic (exact) mass is 347 g/mol. The number of benzene rings is 2. The Hall–Kier alpha value is -2.20. The van der Waals surface area contributed by atoms with Gasteiger partial charge in [-0.3, -0.25) is 4.79 Å². The van der Waals surface area contributed by atoms with Crippen LogP contribution in [0, 0.1) is 0 Å². The van der Waals surface area contributed by atoms with Gasteiger partial charge in [0.2, 0.25) is 0 Å². The summed E-state index contributed by atoms with van der Waals surface area (Å²) in [7, 11) is 0. The summed E-state index contributed by atoms with van der Waals surface area (Å²) in [4.78, 5) is 12.2. The molecule has 0 saturated heterocycles. The molecular formula is C19H22ClNO3. The smallest absolute Gasteiger partial charge is 0.261 e. The molecule has 0 aliphatic heterocycles. The molecule has 24 heavy (non-hydrogen) atoms. The highest BCUT2D eigenvalue weighted by atomic mass is 35.5. The van der Waals surface area contributed by atoms with Gasteiger partial charge in [0.25, 0.3) is 5.91 Å². The number of carbonyl (C=O) groups is 1. The highest BCUT2D eigenvalue weighted by molar-refractivity contribution is 6.30. The Morgan fingerprint density at radius 2 is 1.71 bits per heavy atom. The number of amides is 1. The van der Waals surface area contributed by atoms with Crippen LogP contribution in [0.5, 0.6) is 11.5 Å². The molecule has 0 heterocycles. The predicted octanol–water partition coefficient (Wildman–Crippen LogP) is 4.21. The zero-order chi connectivity index (χ0) is 17.5. The molecule has 0 aromatic heterocycles. The van der Waals surface area contributed by atoms with Crippen molar-refractivity contribution in [2.24, 2.45) is 0 Å². The Bertz CT molecular complexity index is 688. The molecule has 0 radical (unpaired) electrons. The molecule has 5 heteroatoms. The second kappa shape index (κ2) is 8.60. The molecule has 0 aliphatic carbocycles. The number of halogens is 1. The molecule has 2 aromatic carbocycles. The Balaban J connectivity index is 1.88. The zero-order valence-corrected chi connectivity index (χ0v) is 14.8. The highest BCUT2D eigenvalue weighted by Gasteiger charge is 2.14. The third kappa shape index (κ3) is 5.78. The van der Waals surface area contributed by atoms with Gasteiger partial charge in [-0.05, 0) is 56.7 Å². The number of nitrogens with one attached hydrogen (secondary N) is 1. The van der Waals surface area contributed by atoms with Crippen molar-refractivity contribution in [3.8, 4) is 11.5 Å². The standard InChI is InChI=1S/C19H22ClNO3/c1-13(2)23-17-8-4-6-15(10-17)12-21-19(22)14(3)24-18-9-5-7-16(20)11-18/h4-11,13-14H,12H2,1-3H3,(H,21,22)/t14-/m1/s1. The van der Waals surface area contributed by atoms with E-state index >= 15 is 0 Å². The first-order valence-electron chi connectivity index (χ1n) is 7.89. The molecule has 0 saturated carbocycles. The van der Waals surface area contributed by atoms with Crippen molar-refractivity contribution in [3.05, 3.63) is 59.1 Å². The lowest BCUT2D eigenvalue weighted by molar-refractivity contribution is -0.127. The van der Waals surface area contributed by atoms with Gasteiger partial charge in [-0.1, -0.05) is 29.8 Å². The van der Waals surface area contributed by atoms with E-state index in [0.717, 1.165) is 11.3 Å². The van der Waals surface area contributed by atoms with E-state index in [4.69, 9.17) is 21.1 Å². The van der Waals surface area contributed by atoms with E-state index in [1.54, 1.807) is 31.2 Å². The van der Waals surface area contributed by atoms with E-state index in [0.29, 0.717) is 17.3 Å². The number of hydrogen-bond acceptors (Lipinski definition) is 3. The van der Waals surface area contributed by atoms with Gasteiger partial charge in [-0.15, -0.1) is 0 Å². The Morgan fingerprint density at radius 1 is 1.04 bits per heavy atom. The van der Waals surface area contributed by atoms with Gasteiger partial charge in [0.1, 0.15) is 11.5 Å². The maximum Gasteiger partial charge on any atom is 0.261 e. The Kier molecular flexibility index (Phi) is 6.50. The maximum atomic E-state index is 12.2. The van der Waals surface area contributed by atoms with Crippen molar-refractivity contribution in [2.45, 2.75) is 39.5 Å². The van der Waals surface area contributed by atoms with Gasteiger partial charge in [0, 0.05) is 11.6 Å². The molecule has 1 atom stereocenters. The minimum absolute atomic E-state index is 0.112. The summed E-state index contributed by atoms with van der Waals surface area (Å²) in [6.45, 7) is 6.07. The van der Waals surface area contributed by atoms with Crippen molar-refractivity contribution in [2.75, 3.05) is 0 Å².